The number of thiophene rings is 1. The molecule has 0 saturated heterocycles. The topological polar surface area (TPSA) is 99.1 Å². The van der Waals surface area contributed by atoms with Gasteiger partial charge in [0, 0.05) is 36.3 Å². The number of carbonyl (C=O) groups is 1. The lowest BCUT2D eigenvalue weighted by molar-refractivity contribution is -0.166. The molecular formula is C32H36N2O6S2. The second-order valence-electron chi connectivity index (χ2n) is 9.98. The summed E-state index contributed by atoms with van der Waals surface area (Å²) in [5.74, 6) is -0.184. The molecule has 2 aromatic carbocycles. The van der Waals surface area contributed by atoms with Crippen molar-refractivity contribution in [3.63, 3.8) is 0 Å². The highest BCUT2D eigenvalue weighted by molar-refractivity contribution is 7.21. The number of rotatable bonds is 14. The summed E-state index contributed by atoms with van der Waals surface area (Å²) in [5, 5.41) is 16.9. The van der Waals surface area contributed by atoms with Crippen LogP contribution in [-0.4, -0.2) is 61.9 Å². The van der Waals surface area contributed by atoms with Gasteiger partial charge in [0.2, 0.25) is 6.29 Å². The highest BCUT2D eigenvalue weighted by Gasteiger charge is 2.38. The number of amides is 1. The van der Waals surface area contributed by atoms with Crippen LogP contribution >= 0.6 is 22.7 Å². The van der Waals surface area contributed by atoms with E-state index < -0.39 is 6.29 Å². The molecular weight excluding hydrogens is 572 g/mol. The number of aryl methyl sites for hydroxylation is 1. The number of hydrogen-bond donors (Lipinski definition) is 2. The van der Waals surface area contributed by atoms with Crippen LogP contribution in [0.15, 0.2) is 71.1 Å². The van der Waals surface area contributed by atoms with E-state index in [0.29, 0.717) is 45.1 Å². The van der Waals surface area contributed by atoms with Gasteiger partial charge in [-0.2, -0.15) is 11.3 Å². The van der Waals surface area contributed by atoms with E-state index in [4.69, 9.17) is 29.0 Å². The van der Waals surface area contributed by atoms with E-state index in [1.54, 1.807) is 22.7 Å². The first-order chi connectivity index (χ1) is 20.6. The molecule has 8 nitrogen and oxygen atoms in total. The first kappa shape index (κ1) is 30.3. The quantitative estimate of drug-likeness (QED) is 0.161. The minimum atomic E-state index is -0.593. The molecule has 1 aliphatic heterocycles. The Bertz CT molecular complexity index is 1470. The second-order valence-corrected chi connectivity index (χ2v) is 11.8. The van der Waals surface area contributed by atoms with Gasteiger partial charge in [0.25, 0.3) is 5.91 Å². The van der Waals surface area contributed by atoms with Gasteiger partial charge >= 0.3 is 0 Å². The fourth-order valence-electron chi connectivity index (χ4n) is 4.93. The molecule has 1 amide bonds. The zero-order chi connectivity index (χ0) is 29.3. The number of fused-ring (bicyclic) bond motifs is 1. The number of benzene rings is 2. The van der Waals surface area contributed by atoms with Crippen molar-refractivity contribution in [3.8, 4) is 10.6 Å². The number of allylic oxidation sites excluding steroid dienone is 1. The molecule has 2 N–H and O–H groups in total. The maximum Gasteiger partial charge on any atom is 0.290 e. The van der Waals surface area contributed by atoms with Crippen LogP contribution in [0.25, 0.3) is 20.8 Å². The molecule has 42 heavy (non-hydrogen) atoms. The lowest BCUT2D eigenvalue weighted by Gasteiger charge is -2.36. The van der Waals surface area contributed by atoms with Crippen LogP contribution in [0.1, 0.15) is 30.4 Å². The zero-order valence-electron chi connectivity index (χ0n) is 23.8. The van der Waals surface area contributed by atoms with Crippen LogP contribution in [0.3, 0.4) is 0 Å². The lowest BCUT2D eigenvalue weighted by atomic mass is 9.82. The molecule has 4 aromatic rings. The number of thiazole rings is 1. The van der Waals surface area contributed by atoms with Crippen molar-refractivity contribution in [2.75, 3.05) is 45.0 Å². The number of anilines is 1. The molecule has 1 aliphatic rings. The average molecular weight is 609 g/mol. The number of hydrogen-bond acceptors (Lipinski definition) is 9. The number of aliphatic hydroxyl groups excluding tert-OH is 1. The summed E-state index contributed by atoms with van der Waals surface area (Å²) in [6, 6.07) is 16.0. The molecule has 0 aliphatic carbocycles. The Kier molecular flexibility index (Phi) is 10.7. The Balaban J connectivity index is 1.27. The first-order valence-electron chi connectivity index (χ1n) is 14.1. The van der Waals surface area contributed by atoms with Gasteiger partial charge < -0.3 is 29.4 Å². The number of aliphatic hydroxyl groups is 1. The third-order valence-electron chi connectivity index (χ3n) is 7.00. The summed E-state index contributed by atoms with van der Waals surface area (Å²) in [5.41, 5.74) is 4.98. The fraction of sp³-hybridized carbons (Fsp3) is 0.375. The van der Waals surface area contributed by atoms with Gasteiger partial charge in [-0.15, -0.1) is 11.3 Å². The molecule has 3 atom stereocenters. The average Bonchev–Trinajstić information content (AvgIpc) is 3.68. The van der Waals surface area contributed by atoms with Gasteiger partial charge in [0.15, 0.2) is 5.76 Å². The van der Waals surface area contributed by atoms with Crippen molar-refractivity contribution in [1.82, 2.24) is 4.98 Å². The summed E-state index contributed by atoms with van der Waals surface area (Å²) in [7, 11) is 0. The Morgan fingerprint density at radius 2 is 1.88 bits per heavy atom. The molecule has 0 fully saturated rings. The second kappa shape index (κ2) is 14.9. The minimum absolute atomic E-state index is 0.00471. The number of aromatic nitrogens is 1. The predicted molar refractivity (Wildman–Crippen MR) is 167 cm³/mol. The lowest BCUT2D eigenvalue weighted by Crippen LogP contribution is -2.38. The van der Waals surface area contributed by atoms with Crippen molar-refractivity contribution in [2.45, 2.75) is 32.5 Å². The molecule has 0 bridgehead atoms. The van der Waals surface area contributed by atoms with Crippen LogP contribution < -0.4 is 5.32 Å². The molecule has 5 rings (SSSR count). The van der Waals surface area contributed by atoms with Crippen molar-refractivity contribution in [2.24, 2.45) is 5.92 Å². The molecule has 0 spiro atoms. The van der Waals surface area contributed by atoms with E-state index in [-0.39, 0.29) is 30.1 Å². The van der Waals surface area contributed by atoms with E-state index >= 15 is 0 Å². The van der Waals surface area contributed by atoms with Crippen molar-refractivity contribution in [3.05, 3.63) is 82.3 Å². The Hall–Kier alpha value is -3.12. The molecule has 3 heterocycles. The first-order valence-corrected chi connectivity index (χ1v) is 15.9. The summed E-state index contributed by atoms with van der Waals surface area (Å²) >= 11 is 3.28. The Morgan fingerprint density at radius 3 is 2.62 bits per heavy atom. The molecule has 2 aromatic heterocycles. The number of ether oxygens (including phenoxy) is 4. The van der Waals surface area contributed by atoms with E-state index in [1.165, 1.54) is 5.56 Å². The smallest absolute Gasteiger partial charge is 0.290 e. The summed E-state index contributed by atoms with van der Waals surface area (Å²) in [6.07, 6.45) is 1.99. The van der Waals surface area contributed by atoms with Gasteiger partial charge in [0.1, 0.15) is 5.01 Å². The third-order valence-corrected chi connectivity index (χ3v) is 8.77. The molecule has 0 unspecified atom stereocenters. The van der Waals surface area contributed by atoms with Gasteiger partial charge in [-0.1, -0.05) is 6.07 Å². The monoisotopic (exact) mass is 608 g/mol. The Morgan fingerprint density at radius 1 is 1.07 bits per heavy atom. The van der Waals surface area contributed by atoms with Gasteiger partial charge in [0.05, 0.1) is 36.6 Å². The Labute approximate surface area is 253 Å². The maximum absolute atomic E-state index is 13.4. The fourth-order valence-corrected chi connectivity index (χ4v) is 6.71. The van der Waals surface area contributed by atoms with Crippen LogP contribution in [-0.2, 0) is 23.7 Å². The SMILES string of the molecule is CCO[C@H]1OC(C(=O)Nc2ccc(-c3nc4ccc(C)cc4s3)cc2)=C[C@@H](c2ccsc2)[C@@H]1CCOCCOCCO. The van der Waals surface area contributed by atoms with E-state index in [1.807, 2.05) is 48.7 Å². The van der Waals surface area contributed by atoms with E-state index in [0.717, 1.165) is 26.4 Å². The van der Waals surface area contributed by atoms with Crippen LogP contribution in [0, 0.1) is 12.8 Å². The summed E-state index contributed by atoms with van der Waals surface area (Å²) < 4.78 is 24.4. The zero-order valence-corrected chi connectivity index (χ0v) is 25.4. The van der Waals surface area contributed by atoms with Gasteiger partial charge in [-0.3, -0.25) is 4.79 Å². The number of nitrogens with zero attached hydrogens (tertiary/aromatic N) is 1. The van der Waals surface area contributed by atoms with Gasteiger partial charge in [-0.25, -0.2) is 4.98 Å². The van der Waals surface area contributed by atoms with E-state index in [9.17, 15) is 4.79 Å². The van der Waals surface area contributed by atoms with Crippen LogP contribution in [0.4, 0.5) is 5.69 Å². The number of nitrogens with one attached hydrogen (secondary N) is 1. The molecule has 10 heteroatoms. The summed E-state index contributed by atoms with van der Waals surface area (Å²) in [6.45, 7) is 6.11. The van der Waals surface area contributed by atoms with Crippen molar-refractivity contribution >= 4 is 44.5 Å². The van der Waals surface area contributed by atoms with Gasteiger partial charge in [-0.05, 0) is 90.7 Å². The van der Waals surface area contributed by atoms with Crippen molar-refractivity contribution in [1.29, 1.82) is 0 Å². The highest BCUT2D eigenvalue weighted by Crippen LogP contribution is 2.40. The molecule has 0 saturated carbocycles. The highest BCUT2D eigenvalue weighted by atomic mass is 32.1. The minimum Gasteiger partial charge on any atom is -0.459 e. The predicted octanol–water partition coefficient (Wildman–Crippen LogP) is 6.36. The normalized spacial score (nSPS) is 18.5. The van der Waals surface area contributed by atoms with E-state index in [2.05, 4.69) is 35.8 Å². The summed E-state index contributed by atoms with van der Waals surface area (Å²) in [4.78, 5) is 18.2. The maximum atomic E-state index is 13.4. The standard InChI is InChI=1S/C32H36N2O6S2/c1-3-39-32-25(10-13-37-15-16-38-14-12-35)26(23-11-17-41-20-23)19-28(40-32)30(36)33-24-7-5-22(6-8-24)31-34-27-9-4-21(2)18-29(27)42-31/h4-9,11,17-20,25-26,32,35H,3,10,12-16H2,1-2H3,(H,33,36)/t25-,26-,32-/m0/s1. The molecule has 222 valence electrons. The third kappa shape index (κ3) is 7.63. The molecule has 0 radical (unpaired) electrons. The van der Waals surface area contributed by atoms with Crippen LogP contribution in [0.2, 0.25) is 0 Å². The largest absolute Gasteiger partial charge is 0.459 e. The van der Waals surface area contributed by atoms with Crippen LogP contribution in [0.5, 0.6) is 0 Å². The number of carbonyl (C=O) groups excluding carboxylic acids is 1. The van der Waals surface area contributed by atoms with Crippen molar-refractivity contribution < 1.29 is 28.8 Å².